The molecule has 0 bridgehead atoms. The van der Waals surface area contributed by atoms with Gasteiger partial charge in [-0.05, 0) is 24.3 Å². The van der Waals surface area contributed by atoms with E-state index < -0.39 is 0 Å². The predicted octanol–water partition coefficient (Wildman–Crippen LogP) is 2.32. The molecule has 0 saturated carbocycles. The van der Waals surface area contributed by atoms with E-state index in [2.05, 4.69) is 9.97 Å². The fourth-order valence-electron chi connectivity index (χ4n) is 2.19. The summed E-state index contributed by atoms with van der Waals surface area (Å²) in [5.74, 6) is -0.0410. The molecule has 2 heterocycles. The Bertz CT molecular complexity index is 778. The fourth-order valence-corrected chi connectivity index (χ4v) is 2.19. The highest BCUT2D eigenvalue weighted by Crippen LogP contribution is 2.20. The van der Waals surface area contributed by atoms with Crippen LogP contribution in [-0.2, 0) is 6.54 Å². The zero-order valence-corrected chi connectivity index (χ0v) is 10.8. The van der Waals surface area contributed by atoms with Crippen molar-refractivity contribution in [1.82, 2.24) is 9.97 Å². The normalized spacial score (nSPS) is 10.7. The SMILES string of the molecule is NCc1cc(C(=O)c2cccc3ncccc23)ccn1. The summed E-state index contributed by atoms with van der Waals surface area (Å²) in [4.78, 5) is 21.0. The maximum absolute atomic E-state index is 12.6. The molecule has 2 aromatic heterocycles. The van der Waals surface area contributed by atoms with Crippen LogP contribution in [-0.4, -0.2) is 15.8 Å². The van der Waals surface area contributed by atoms with E-state index in [4.69, 9.17) is 5.73 Å². The lowest BCUT2D eigenvalue weighted by Crippen LogP contribution is -2.06. The summed E-state index contributed by atoms with van der Waals surface area (Å²) in [6.07, 6.45) is 3.33. The Hall–Kier alpha value is -2.59. The highest BCUT2D eigenvalue weighted by atomic mass is 16.1. The second-order valence-electron chi connectivity index (χ2n) is 4.44. The van der Waals surface area contributed by atoms with Gasteiger partial charge in [-0.25, -0.2) is 0 Å². The molecule has 0 fully saturated rings. The zero-order valence-electron chi connectivity index (χ0n) is 10.8. The number of fused-ring (bicyclic) bond motifs is 1. The summed E-state index contributed by atoms with van der Waals surface area (Å²) in [6.45, 7) is 0.318. The van der Waals surface area contributed by atoms with Crippen LogP contribution >= 0.6 is 0 Å². The number of benzene rings is 1. The number of hydrogen-bond donors (Lipinski definition) is 1. The molecule has 4 nitrogen and oxygen atoms in total. The average molecular weight is 263 g/mol. The molecule has 0 aliphatic rings. The Morgan fingerprint density at radius 1 is 1.05 bits per heavy atom. The summed E-state index contributed by atoms with van der Waals surface area (Å²) < 4.78 is 0. The topological polar surface area (TPSA) is 68.9 Å². The molecule has 1 aromatic carbocycles. The number of carbonyl (C=O) groups excluding carboxylic acids is 1. The fraction of sp³-hybridized carbons (Fsp3) is 0.0625. The van der Waals surface area contributed by atoms with Gasteiger partial charge in [0.2, 0.25) is 0 Å². The van der Waals surface area contributed by atoms with Gasteiger partial charge in [0.05, 0.1) is 11.2 Å². The van der Waals surface area contributed by atoms with Gasteiger partial charge in [0.15, 0.2) is 5.78 Å². The summed E-state index contributed by atoms with van der Waals surface area (Å²) in [5, 5.41) is 0.853. The van der Waals surface area contributed by atoms with Gasteiger partial charge in [-0.2, -0.15) is 0 Å². The first-order chi connectivity index (χ1) is 9.79. The van der Waals surface area contributed by atoms with E-state index in [0.717, 1.165) is 10.9 Å². The minimum absolute atomic E-state index is 0.0410. The van der Waals surface area contributed by atoms with Crippen LogP contribution in [0, 0.1) is 0 Å². The van der Waals surface area contributed by atoms with Crippen LogP contribution in [0.25, 0.3) is 10.9 Å². The van der Waals surface area contributed by atoms with Crippen LogP contribution in [0.5, 0.6) is 0 Å². The first-order valence-electron chi connectivity index (χ1n) is 6.33. The van der Waals surface area contributed by atoms with Crippen molar-refractivity contribution < 1.29 is 4.79 Å². The number of carbonyl (C=O) groups is 1. The minimum Gasteiger partial charge on any atom is -0.325 e. The molecule has 3 rings (SSSR count). The van der Waals surface area contributed by atoms with Crippen LogP contribution in [0.15, 0.2) is 54.9 Å². The number of nitrogens with zero attached hydrogens (tertiary/aromatic N) is 2. The molecule has 3 aromatic rings. The Labute approximate surface area is 116 Å². The number of hydrogen-bond acceptors (Lipinski definition) is 4. The standard InChI is InChI=1S/C16H13N3O/c17-10-12-9-11(6-8-18-12)16(20)14-3-1-5-15-13(14)4-2-7-19-15/h1-9H,10,17H2. The third-order valence-corrected chi connectivity index (χ3v) is 3.18. The van der Waals surface area contributed by atoms with E-state index in [-0.39, 0.29) is 5.78 Å². The molecular formula is C16H13N3O. The smallest absolute Gasteiger partial charge is 0.193 e. The van der Waals surface area contributed by atoms with Crippen molar-refractivity contribution in [1.29, 1.82) is 0 Å². The molecule has 2 N–H and O–H groups in total. The second-order valence-corrected chi connectivity index (χ2v) is 4.44. The molecule has 0 atom stereocenters. The van der Waals surface area contributed by atoms with Crippen LogP contribution < -0.4 is 5.73 Å². The molecule has 4 heteroatoms. The van der Waals surface area contributed by atoms with Crippen molar-refractivity contribution in [2.45, 2.75) is 6.54 Å². The van der Waals surface area contributed by atoms with Crippen molar-refractivity contribution in [2.24, 2.45) is 5.73 Å². The van der Waals surface area contributed by atoms with Crippen molar-refractivity contribution in [3.63, 3.8) is 0 Å². The molecular weight excluding hydrogens is 250 g/mol. The van der Waals surface area contributed by atoms with Crippen molar-refractivity contribution in [3.05, 3.63) is 71.7 Å². The van der Waals surface area contributed by atoms with Crippen LogP contribution in [0.4, 0.5) is 0 Å². The largest absolute Gasteiger partial charge is 0.325 e. The van der Waals surface area contributed by atoms with Gasteiger partial charge >= 0.3 is 0 Å². The molecule has 0 unspecified atom stereocenters. The number of nitrogens with two attached hydrogens (primary N) is 1. The van der Waals surface area contributed by atoms with Crippen molar-refractivity contribution in [2.75, 3.05) is 0 Å². The molecule has 98 valence electrons. The van der Waals surface area contributed by atoms with Gasteiger partial charge in [-0.15, -0.1) is 0 Å². The van der Waals surface area contributed by atoms with Gasteiger partial charge in [-0.1, -0.05) is 18.2 Å². The third kappa shape index (κ3) is 2.17. The van der Waals surface area contributed by atoms with E-state index in [1.807, 2.05) is 30.3 Å². The molecule has 20 heavy (non-hydrogen) atoms. The summed E-state index contributed by atoms with van der Waals surface area (Å²) in [7, 11) is 0. The highest BCUT2D eigenvalue weighted by Gasteiger charge is 2.13. The van der Waals surface area contributed by atoms with Gasteiger partial charge in [-0.3, -0.25) is 14.8 Å². The quantitative estimate of drug-likeness (QED) is 0.736. The van der Waals surface area contributed by atoms with Crippen LogP contribution in [0.1, 0.15) is 21.6 Å². The van der Waals surface area contributed by atoms with Crippen molar-refractivity contribution >= 4 is 16.7 Å². The monoisotopic (exact) mass is 263 g/mol. The van der Waals surface area contributed by atoms with Gasteiger partial charge < -0.3 is 5.73 Å². The van der Waals surface area contributed by atoms with Gasteiger partial charge in [0.1, 0.15) is 0 Å². The third-order valence-electron chi connectivity index (χ3n) is 3.18. The first kappa shape index (κ1) is 12.4. The lowest BCUT2D eigenvalue weighted by Gasteiger charge is -2.06. The molecule has 0 saturated heterocycles. The zero-order chi connectivity index (χ0) is 13.9. The number of aromatic nitrogens is 2. The Morgan fingerprint density at radius 3 is 2.80 bits per heavy atom. The summed E-state index contributed by atoms with van der Waals surface area (Å²) in [5.41, 5.74) is 8.32. The Kier molecular flexibility index (Phi) is 3.23. The Morgan fingerprint density at radius 2 is 1.95 bits per heavy atom. The summed E-state index contributed by atoms with van der Waals surface area (Å²) >= 11 is 0. The number of rotatable bonds is 3. The van der Waals surface area contributed by atoms with E-state index in [1.54, 1.807) is 24.5 Å². The predicted molar refractivity (Wildman–Crippen MR) is 77.3 cm³/mol. The Balaban J connectivity index is 2.12. The van der Waals surface area contributed by atoms with Crippen LogP contribution in [0.2, 0.25) is 0 Å². The van der Waals surface area contributed by atoms with Gasteiger partial charge in [0.25, 0.3) is 0 Å². The van der Waals surface area contributed by atoms with Crippen LogP contribution in [0.3, 0.4) is 0 Å². The number of pyridine rings is 2. The molecule has 0 aliphatic heterocycles. The molecule has 0 aliphatic carbocycles. The van der Waals surface area contributed by atoms with Crippen molar-refractivity contribution in [3.8, 4) is 0 Å². The van der Waals surface area contributed by atoms with E-state index >= 15 is 0 Å². The maximum atomic E-state index is 12.6. The molecule has 0 spiro atoms. The molecule has 0 amide bonds. The second kappa shape index (κ2) is 5.19. The van der Waals surface area contributed by atoms with E-state index in [1.165, 1.54) is 0 Å². The van der Waals surface area contributed by atoms with E-state index in [0.29, 0.717) is 23.4 Å². The lowest BCUT2D eigenvalue weighted by atomic mass is 9.99. The summed E-state index contributed by atoms with van der Waals surface area (Å²) in [6, 6.07) is 12.7. The lowest BCUT2D eigenvalue weighted by molar-refractivity contribution is 0.104. The van der Waals surface area contributed by atoms with E-state index in [9.17, 15) is 4.79 Å². The number of ketones is 1. The maximum Gasteiger partial charge on any atom is 0.193 e. The van der Waals surface area contributed by atoms with Gasteiger partial charge in [0, 0.05) is 35.5 Å². The first-order valence-corrected chi connectivity index (χ1v) is 6.33. The highest BCUT2D eigenvalue weighted by molar-refractivity contribution is 6.15. The minimum atomic E-state index is -0.0410. The average Bonchev–Trinajstić information content (AvgIpc) is 2.53. The molecule has 0 radical (unpaired) electrons.